The Labute approximate surface area is 171 Å². The number of nitrogens with zero attached hydrogens (tertiary/aromatic N) is 2. The van der Waals surface area contributed by atoms with Crippen molar-refractivity contribution in [1.82, 2.24) is 9.97 Å². The second-order valence-corrected chi connectivity index (χ2v) is 9.12. The highest BCUT2D eigenvalue weighted by Crippen LogP contribution is 2.41. The second-order valence-electron chi connectivity index (χ2n) is 7.29. The largest absolute Gasteiger partial charge is 0.394 e. The third-order valence-corrected chi connectivity index (χ3v) is 6.29. The molecule has 1 aromatic rings. The number of rotatable bonds is 8. The van der Waals surface area contributed by atoms with Crippen molar-refractivity contribution < 1.29 is 23.5 Å². The van der Waals surface area contributed by atoms with E-state index in [0.717, 1.165) is 6.42 Å². The lowest BCUT2D eigenvalue weighted by Gasteiger charge is -2.24. The Kier molecular flexibility index (Phi) is 6.78. The Bertz CT molecular complexity index is 738. The number of aliphatic hydroxyl groups is 1. The molecule has 4 N–H and O–H groups in total. The lowest BCUT2D eigenvalue weighted by atomic mass is 10.2. The highest BCUT2D eigenvalue weighted by atomic mass is 35.5. The Morgan fingerprint density at radius 1 is 1.39 bits per heavy atom. The van der Waals surface area contributed by atoms with Crippen LogP contribution in [-0.4, -0.2) is 68.4 Å². The van der Waals surface area contributed by atoms with E-state index in [4.69, 9.17) is 36.7 Å². The number of anilines is 2. The molecule has 5 atom stereocenters. The molecule has 0 spiro atoms. The van der Waals surface area contributed by atoms with Gasteiger partial charge in [-0.25, -0.2) is 9.97 Å². The van der Waals surface area contributed by atoms with Crippen LogP contribution < -0.4 is 11.1 Å². The van der Waals surface area contributed by atoms with Crippen LogP contribution in [0.5, 0.6) is 0 Å². The van der Waals surface area contributed by atoms with Crippen LogP contribution >= 0.6 is 11.6 Å². The zero-order valence-electron chi connectivity index (χ0n) is 16.2. The molecule has 1 aromatic heterocycles. The molecule has 0 bridgehead atoms. The quantitative estimate of drug-likeness (QED) is 0.409. The van der Waals surface area contributed by atoms with Gasteiger partial charge in [0.05, 0.1) is 36.2 Å². The van der Waals surface area contributed by atoms with Crippen LogP contribution in [0.4, 0.5) is 11.5 Å². The summed E-state index contributed by atoms with van der Waals surface area (Å²) in [5.74, 6) is 0.00848. The molecule has 9 nitrogen and oxygen atoms in total. The number of nitrogens with one attached hydrogen (secondary N) is 1. The summed E-state index contributed by atoms with van der Waals surface area (Å²) in [6.45, 7) is 5.75. The van der Waals surface area contributed by atoms with Crippen molar-refractivity contribution in [3.8, 4) is 0 Å². The molecule has 2 fully saturated rings. The van der Waals surface area contributed by atoms with Crippen LogP contribution in [0.25, 0.3) is 0 Å². The lowest BCUT2D eigenvalue weighted by molar-refractivity contribution is -0.167. The van der Waals surface area contributed by atoms with Gasteiger partial charge in [-0.05, 0) is 26.7 Å². The van der Waals surface area contributed by atoms with Crippen molar-refractivity contribution in [3.63, 3.8) is 0 Å². The molecule has 1 aliphatic carbocycles. The van der Waals surface area contributed by atoms with E-state index in [1.54, 1.807) is 0 Å². The molecule has 2 heterocycles. The Hall–Kier alpha value is -1.04. The van der Waals surface area contributed by atoms with E-state index in [9.17, 15) is 4.21 Å². The molecule has 0 amide bonds. The molecule has 1 aliphatic heterocycles. The monoisotopic (exact) mass is 434 g/mol. The Morgan fingerprint density at radius 3 is 2.79 bits per heavy atom. The number of nitrogens with two attached hydrogens (primary N) is 1. The minimum absolute atomic E-state index is 0.0588. The molecule has 28 heavy (non-hydrogen) atoms. The van der Waals surface area contributed by atoms with Gasteiger partial charge in [-0.1, -0.05) is 18.5 Å². The van der Waals surface area contributed by atoms with Gasteiger partial charge in [0.25, 0.3) is 0 Å². The SMILES string of the molecule is CCCS(=O)c1nc(Cl)c(N)c(N[C@@H]2C[C@H](OCCO)[C@H]3OC(C)(C)O[C@H]32)n1. The molecule has 0 radical (unpaired) electrons. The molecule has 1 unspecified atom stereocenters. The summed E-state index contributed by atoms with van der Waals surface area (Å²) < 4.78 is 30.1. The summed E-state index contributed by atoms with van der Waals surface area (Å²) in [4.78, 5) is 8.40. The molecule has 2 aliphatic rings. The van der Waals surface area contributed by atoms with Gasteiger partial charge in [-0.2, -0.15) is 0 Å². The van der Waals surface area contributed by atoms with Crippen LogP contribution in [0.15, 0.2) is 5.16 Å². The van der Waals surface area contributed by atoms with Crippen molar-refractivity contribution in [1.29, 1.82) is 0 Å². The van der Waals surface area contributed by atoms with Gasteiger partial charge in [0.1, 0.15) is 17.9 Å². The number of halogens is 1. The number of nitrogen functional groups attached to an aromatic ring is 1. The summed E-state index contributed by atoms with van der Waals surface area (Å²) in [6, 6.07) is -0.212. The van der Waals surface area contributed by atoms with Crippen LogP contribution in [-0.2, 0) is 25.0 Å². The molecule has 1 saturated heterocycles. The van der Waals surface area contributed by atoms with Gasteiger partial charge in [0, 0.05) is 5.75 Å². The minimum atomic E-state index is -1.35. The molecule has 158 valence electrons. The maximum Gasteiger partial charge on any atom is 0.221 e. The molecule has 11 heteroatoms. The number of aliphatic hydroxyl groups excluding tert-OH is 1. The fourth-order valence-corrected chi connectivity index (χ4v) is 4.69. The van der Waals surface area contributed by atoms with Gasteiger partial charge in [0.2, 0.25) is 5.16 Å². The topological polar surface area (TPSA) is 129 Å². The minimum Gasteiger partial charge on any atom is -0.394 e. The average Bonchev–Trinajstić information content (AvgIpc) is 3.11. The maximum absolute atomic E-state index is 12.3. The first-order valence-electron chi connectivity index (χ1n) is 9.31. The smallest absolute Gasteiger partial charge is 0.221 e. The number of fused-ring (bicyclic) bond motifs is 1. The van der Waals surface area contributed by atoms with Crippen molar-refractivity contribution >= 4 is 33.9 Å². The molecule has 3 rings (SSSR count). The summed E-state index contributed by atoms with van der Waals surface area (Å²) >= 11 is 6.14. The Morgan fingerprint density at radius 2 is 2.11 bits per heavy atom. The van der Waals surface area contributed by atoms with Crippen LogP contribution in [0.2, 0.25) is 5.15 Å². The van der Waals surface area contributed by atoms with Crippen molar-refractivity contribution in [2.75, 3.05) is 30.0 Å². The van der Waals surface area contributed by atoms with E-state index in [2.05, 4.69) is 15.3 Å². The summed E-state index contributed by atoms with van der Waals surface area (Å²) in [7, 11) is -1.35. The van der Waals surface area contributed by atoms with E-state index >= 15 is 0 Å². The number of ether oxygens (including phenoxy) is 3. The Balaban J connectivity index is 1.83. The fraction of sp³-hybridized carbons (Fsp3) is 0.765. The predicted molar refractivity (Wildman–Crippen MR) is 106 cm³/mol. The zero-order chi connectivity index (χ0) is 20.5. The van der Waals surface area contributed by atoms with Gasteiger partial charge < -0.3 is 30.4 Å². The number of hydrogen-bond donors (Lipinski definition) is 3. The highest BCUT2D eigenvalue weighted by Gasteiger charge is 2.54. The summed E-state index contributed by atoms with van der Waals surface area (Å²) in [5, 5.41) is 12.5. The van der Waals surface area contributed by atoms with Crippen LogP contribution in [0, 0.1) is 0 Å². The van der Waals surface area contributed by atoms with Crippen molar-refractivity contribution in [3.05, 3.63) is 5.15 Å². The first-order valence-corrected chi connectivity index (χ1v) is 11.0. The van der Waals surface area contributed by atoms with E-state index < -0.39 is 16.6 Å². The van der Waals surface area contributed by atoms with Gasteiger partial charge in [0.15, 0.2) is 16.8 Å². The molecule has 0 aromatic carbocycles. The fourth-order valence-electron chi connectivity index (χ4n) is 3.53. The molecular weight excluding hydrogens is 408 g/mol. The second kappa shape index (κ2) is 8.76. The van der Waals surface area contributed by atoms with Gasteiger partial charge >= 0.3 is 0 Å². The van der Waals surface area contributed by atoms with Crippen LogP contribution in [0.1, 0.15) is 33.6 Å². The van der Waals surface area contributed by atoms with Crippen LogP contribution in [0.3, 0.4) is 0 Å². The van der Waals surface area contributed by atoms with Gasteiger partial charge in [-0.3, -0.25) is 4.21 Å². The third-order valence-electron chi connectivity index (χ3n) is 4.63. The normalized spacial score (nSPS) is 29.6. The van der Waals surface area contributed by atoms with Crippen molar-refractivity contribution in [2.45, 2.75) is 68.9 Å². The highest BCUT2D eigenvalue weighted by molar-refractivity contribution is 7.84. The number of hydrogen-bond acceptors (Lipinski definition) is 9. The standard InChI is InChI=1S/C17H27ClN4O5S/c1-4-7-28(24)16-21-14(18)11(19)15(22-16)20-9-8-10(25-6-5-23)13-12(9)26-17(2,3)27-13/h9-10,12-13,23H,4-8,19H2,1-3H3,(H,20,21,22)/t9-,10+,12+,13-,28?/m1/s1. The summed E-state index contributed by atoms with van der Waals surface area (Å²) in [5.41, 5.74) is 6.24. The van der Waals surface area contributed by atoms with Crippen molar-refractivity contribution in [2.24, 2.45) is 0 Å². The lowest BCUT2D eigenvalue weighted by Crippen LogP contribution is -2.35. The van der Waals surface area contributed by atoms with E-state index in [-0.39, 0.29) is 53.6 Å². The van der Waals surface area contributed by atoms with Gasteiger partial charge in [-0.15, -0.1) is 0 Å². The van der Waals surface area contributed by atoms with E-state index in [1.165, 1.54) is 0 Å². The van der Waals surface area contributed by atoms with E-state index in [1.807, 2.05) is 20.8 Å². The third kappa shape index (κ3) is 4.58. The maximum atomic E-state index is 12.3. The number of aromatic nitrogens is 2. The summed E-state index contributed by atoms with van der Waals surface area (Å²) in [6.07, 6.45) is 0.475. The first-order chi connectivity index (χ1) is 13.3. The average molecular weight is 435 g/mol. The predicted octanol–water partition coefficient (Wildman–Crippen LogP) is 1.31. The van der Waals surface area contributed by atoms with E-state index in [0.29, 0.717) is 18.0 Å². The molecule has 1 saturated carbocycles. The first kappa shape index (κ1) is 21.7. The molecular formula is C17H27ClN4O5S. The zero-order valence-corrected chi connectivity index (χ0v) is 17.8.